The van der Waals surface area contributed by atoms with Crippen LogP contribution in [0.5, 0.6) is 0 Å². The summed E-state index contributed by atoms with van der Waals surface area (Å²) >= 11 is 0. The summed E-state index contributed by atoms with van der Waals surface area (Å²) in [5.41, 5.74) is 3.12. The molecule has 3 aromatic rings. The minimum absolute atomic E-state index is 0.151. The van der Waals surface area contributed by atoms with E-state index in [2.05, 4.69) is 15.3 Å². The SMILES string of the molecule is Cc1cc(NC(=O)c2cc3ccccc3[nH]2)ccn1. The summed E-state index contributed by atoms with van der Waals surface area (Å²) in [5, 5.41) is 3.88. The molecule has 2 N–H and O–H groups in total. The van der Waals surface area contributed by atoms with Gasteiger partial charge in [-0.3, -0.25) is 9.78 Å². The molecule has 0 saturated heterocycles. The van der Waals surface area contributed by atoms with E-state index in [4.69, 9.17) is 0 Å². The lowest BCUT2D eigenvalue weighted by Crippen LogP contribution is -2.12. The van der Waals surface area contributed by atoms with Crippen molar-refractivity contribution in [2.24, 2.45) is 0 Å². The molecule has 0 aliphatic rings. The summed E-state index contributed by atoms with van der Waals surface area (Å²) in [4.78, 5) is 19.3. The molecule has 0 aliphatic heterocycles. The number of amides is 1. The molecular weight excluding hydrogens is 238 g/mol. The first kappa shape index (κ1) is 11.5. The molecule has 19 heavy (non-hydrogen) atoms. The number of hydrogen-bond donors (Lipinski definition) is 2. The van der Waals surface area contributed by atoms with Gasteiger partial charge in [0.2, 0.25) is 0 Å². The molecule has 2 heterocycles. The number of aryl methyl sites for hydroxylation is 1. The van der Waals surface area contributed by atoms with Gasteiger partial charge in [0.1, 0.15) is 5.69 Å². The molecule has 0 saturated carbocycles. The Morgan fingerprint density at radius 1 is 1.21 bits per heavy atom. The molecule has 0 fully saturated rings. The van der Waals surface area contributed by atoms with E-state index in [0.29, 0.717) is 5.69 Å². The second-order valence-corrected chi connectivity index (χ2v) is 4.41. The van der Waals surface area contributed by atoms with E-state index in [1.165, 1.54) is 0 Å². The van der Waals surface area contributed by atoms with Gasteiger partial charge in [-0.15, -0.1) is 0 Å². The standard InChI is InChI=1S/C15H13N3O/c1-10-8-12(6-7-16-10)17-15(19)14-9-11-4-2-3-5-13(11)18-14/h2-9,18H,1H3,(H,16,17,19). The monoisotopic (exact) mass is 251 g/mol. The van der Waals surface area contributed by atoms with E-state index in [1.54, 1.807) is 12.3 Å². The number of benzene rings is 1. The number of anilines is 1. The number of nitrogens with one attached hydrogen (secondary N) is 2. The highest BCUT2D eigenvalue weighted by atomic mass is 16.1. The highest BCUT2D eigenvalue weighted by molar-refractivity contribution is 6.05. The molecule has 0 atom stereocenters. The summed E-state index contributed by atoms with van der Waals surface area (Å²) in [6.45, 7) is 1.89. The third-order valence-corrected chi connectivity index (χ3v) is 2.93. The molecule has 4 nitrogen and oxygen atoms in total. The Bertz CT molecular complexity index is 713. The number of rotatable bonds is 2. The Kier molecular flexibility index (Phi) is 2.76. The van der Waals surface area contributed by atoms with Gasteiger partial charge >= 0.3 is 0 Å². The van der Waals surface area contributed by atoms with Crippen LogP contribution in [0.15, 0.2) is 48.7 Å². The molecule has 2 aromatic heterocycles. The highest BCUT2D eigenvalue weighted by Gasteiger charge is 2.09. The van der Waals surface area contributed by atoms with E-state index >= 15 is 0 Å². The fraction of sp³-hybridized carbons (Fsp3) is 0.0667. The van der Waals surface area contributed by atoms with Gasteiger partial charge in [-0.05, 0) is 31.2 Å². The number of carbonyl (C=O) groups excluding carboxylic acids is 1. The summed E-state index contributed by atoms with van der Waals surface area (Å²) in [6.07, 6.45) is 1.68. The molecular formula is C15H13N3O. The molecule has 0 bridgehead atoms. The van der Waals surface area contributed by atoms with Crippen LogP contribution in [0.3, 0.4) is 0 Å². The summed E-state index contributed by atoms with van der Waals surface area (Å²) in [6, 6.07) is 13.3. The topological polar surface area (TPSA) is 57.8 Å². The molecule has 0 radical (unpaired) electrons. The van der Waals surface area contributed by atoms with Crippen molar-refractivity contribution < 1.29 is 4.79 Å². The number of para-hydroxylation sites is 1. The van der Waals surface area contributed by atoms with Gasteiger partial charge in [0, 0.05) is 28.5 Å². The van der Waals surface area contributed by atoms with Crippen LogP contribution in [0, 0.1) is 6.92 Å². The Balaban J connectivity index is 1.87. The summed E-state index contributed by atoms with van der Waals surface area (Å²) in [5.74, 6) is -0.151. The normalized spacial score (nSPS) is 10.6. The second kappa shape index (κ2) is 4.57. The quantitative estimate of drug-likeness (QED) is 0.735. The van der Waals surface area contributed by atoms with Crippen molar-refractivity contribution in [2.45, 2.75) is 6.92 Å². The average Bonchev–Trinajstić information content (AvgIpc) is 2.82. The Morgan fingerprint density at radius 2 is 2.05 bits per heavy atom. The third kappa shape index (κ3) is 2.33. The van der Waals surface area contributed by atoms with Gasteiger partial charge in [-0.1, -0.05) is 18.2 Å². The first-order valence-corrected chi connectivity index (χ1v) is 6.04. The van der Waals surface area contributed by atoms with Crippen LogP contribution in [0.25, 0.3) is 10.9 Å². The molecule has 4 heteroatoms. The minimum Gasteiger partial charge on any atom is -0.351 e. The Labute approximate surface area is 110 Å². The van der Waals surface area contributed by atoms with Crippen molar-refractivity contribution in [3.05, 3.63) is 60.0 Å². The lowest BCUT2D eigenvalue weighted by Gasteiger charge is -2.03. The molecule has 0 aliphatic carbocycles. The van der Waals surface area contributed by atoms with Crippen molar-refractivity contribution in [3.63, 3.8) is 0 Å². The molecule has 94 valence electrons. The molecule has 3 rings (SSSR count). The van der Waals surface area contributed by atoms with Crippen LogP contribution in [-0.2, 0) is 0 Å². The molecule has 0 spiro atoms. The summed E-state index contributed by atoms with van der Waals surface area (Å²) in [7, 11) is 0. The first-order valence-electron chi connectivity index (χ1n) is 6.04. The zero-order valence-corrected chi connectivity index (χ0v) is 10.5. The van der Waals surface area contributed by atoms with Crippen LogP contribution in [0.4, 0.5) is 5.69 Å². The van der Waals surface area contributed by atoms with Crippen LogP contribution in [0.1, 0.15) is 16.2 Å². The van der Waals surface area contributed by atoms with Gasteiger partial charge < -0.3 is 10.3 Å². The maximum Gasteiger partial charge on any atom is 0.272 e. The molecule has 1 aromatic carbocycles. The van der Waals surface area contributed by atoms with Crippen molar-refractivity contribution in [1.29, 1.82) is 0 Å². The van der Waals surface area contributed by atoms with E-state index < -0.39 is 0 Å². The first-order chi connectivity index (χ1) is 9.22. The highest BCUT2D eigenvalue weighted by Crippen LogP contribution is 2.16. The Morgan fingerprint density at radius 3 is 2.84 bits per heavy atom. The van der Waals surface area contributed by atoms with Gasteiger partial charge in [0.15, 0.2) is 0 Å². The van der Waals surface area contributed by atoms with E-state index in [-0.39, 0.29) is 5.91 Å². The number of nitrogens with zero attached hydrogens (tertiary/aromatic N) is 1. The number of H-pyrrole nitrogens is 1. The van der Waals surface area contributed by atoms with Crippen LogP contribution in [0.2, 0.25) is 0 Å². The smallest absolute Gasteiger partial charge is 0.272 e. The van der Waals surface area contributed by atoms with Gasteiger partial charge in [0.25, 0.3) is 5.91 Å². The van der Waals surface area contributed by atoms with Gasteiger partial charge in [-0.25, -0.2) is 0 Å². The average molecular weight is 251 g/mol. The fourth-order valence-electron chi connectivity index (χ4n) is 2.02. The lowest BCUT2D eigenvalue weighted by atomic mass is 10.2. The Hall–Kier alpha value is -2.62. The van der Waals surface area contributed by atoms with Crippen LogP contribution < -0.4 is 5.32 Å². The van der Waals surface area contributed by atoms with E-state index in [1.807, 2.05) is 43.3 Å². The third-order valence-electron chi connectivity index (χ3n) is 2.93. The van der Waals surface area contributed by atoms with Crippen LogP contribution >= 0.6 is 0 Å². The fourth-order valence-corrected chi connectivity index (χ4v) is 2.02. The largest absolute Gasteiger partial charge is 0.351 e. The van der Waals surface area contributed by atoms with Crippen molar-refractivity contribution in [2.75, 3.05) is 5.32 Å². The van der Waals surface area contributed by atoms with Crippen LogP contribution in [-0.4, -0.2) is 15.9 Å². The lowest BCUT2D eigenvalue weighted by molar-refractivity contribution is 0.102. The number of hydrogen-bond acceptors (Lipinski definition) is 2. The number of aromatic nitrogens is 2. The summed E-state index contributed by atoms with van der Waals surface area (Å²) < 4.78 is 0. The van der Waals surface area contributed by atoms with Gasteiger partial charge in [0.05, 0.1) is 0 Å². The zero-order chi connectivity index (χ0) is 13.2. The number of carbonyl (C=O) groups is 1. The van der Waals surface area contributed by atoms with E-state index in [0.717, 1.165) is 22.3 Å². The van der Waals surface area contributed by atoms with Crippen molar-refractivity contribution in [3.8, 4) is 0 Å². The van der Waals surface area contributed by atoms with Gasteiger partial charge in [-0.2, -0.15) is 0 Å². The van der Waals surface area contributed by atoms with Crippen molar-refractivity contribution >= 4 is 22.5 Å². The second-order valence-electron chi connectivity index (χ2n) is 4.41. The predicted octanol–water partition coefficient (Wildman–Crippen LogP) is 3.12. The zero-order valence-electron chi connectivity index (χ0n) is 10.5. The maximum atomic E-state index is 12.1. The molecule has 1 amide bonds. The number of pyridine rings is 1. The minimum atomic E-state index is -0.151. The maximum absolute atomic E-state index is 12.1. The van der Waals surface area contributed by atoms with Crippen molar-refractivity contribution in [1.82, 2.24) is 9.97 Å². The number of aromatic amines is 1. The predicted molar refractivity (Wildman–Crippen MR) is 75.2 cm³/mol. The molecule has 0 unspecified atom stereocenters. The number of fused-ring (bicyclic) bond motifs is 1. The van der Waals surface area contributed by atoms with E-state index in [9.17, 15) is 4.79 Å².